The number of esters is 2. The summed E-state index contributed by atoms with van der Waals surface area (Å²) in [5.41, 5.74) is 9.85. The number of fused-ring (bicyclic) bond motifs is 4. The number of rotatable bonds is 10. The molecule has 3 saturated heterocycles. The van der Waals surface area contributed by atoms with Crippen LogP contribution in [-0.4, -0.2) is 94.5 Å². The molecule has 238 valence electrons. The van der Waals surface area contributed by atoms with Gasteiger partial charge in [-0.2, -0.15) is 0 Å². The molecule has 13 heteroatoms. The molecule has 0 aromatic carbocycles. The molecule has 4 heterocycles. The van der Waals surface area contributed by atoms with E-state index in [4.69, 9.17) is 45.4 Å². The van der Waals surface area contributed by atoms with Crippen LogP contribution < -0.4 is 11.5 Å². The smallest absolute Gasteiger partial charge is 0.334 e. The number of carbonyl (C=O) groups excluding carboxylic acids is 2. The van der Waals surface area contributed by atoms with Crippen LogP contribution in [0.5, 0.6) is 0 Å². The molecule has 2 spiro atoms. The van der Waals surface area contributed by atoms with E-state index in [1.807, 2.05) is 13.8 Å². The number of cyclic esters (lactones) is 1. The van der Waals surface area contributed by atoms with Crippen LogP contribution in [0.25, 0.3) is 0 Å². The molecule has 0 aromatic rings. The van der Waals surface area contributed by atoms with Crippen molar-refractivity contribution in [3.05, 3.63) is 11.1 Å². The summed E-state index contributed by atoms with van der Waals surface area (Å²) in [5, 5.41) is 17.3. The Morgan fingerprint density at radius 1 is 1.09 bits per heavy atom. The first kappa shape index (κ1) is 30.4. The molecular weight excluding hydrogens is 564 g/mol. The molecule has 3 aliphatic carbocycles. The molecule has 0 bridgehead atoms. The van der Waals surface area contributed by atoms with Crippen molar-refractivity contribution in [3.8, 4) is 0 Å². The van der Waals surface area contributed by atoms with Gasteiger partial charge >= 0.3 is 23.9 Å². The second-order valence-corrected chi connectivity index (χ2v) is 13.5. The first-order valence-electron chi connectivity index (χ1n) is 15.3. The van der Waals surface area contributed by atoms with Crippen molar-refractivity contribution < 1.29 is 53.1 Å². The number of epoxide rings is 3. The summed E-state index contributed by atoms with van der Waals surface area (Å²) in [6, 6.07) is -0.716. The number of ether oxygens (including phenoxy) is 5. The maximum Gasteiger partial charge on any atom is 0.334 e. The lowest BCUT2D eigenvalue weighted by atomic mass is 9.46. The predicted molar refractivity (Wildman–Crippen MR) is 146 cm³/mol. The number of nitrogens with two attached hydrogens (primary N) is 2. The zero-order chi connectivity index (χ0) is 31.1. The monoisotopic (exact) mass is 606 g/mol. The summed E-state index contributed by atoms with van der Waals surface area (Å²) in [5.74, 6) is -2.56. The van der Waals surface area contributed by atoms with Gasteiger partial charge in [0.2, 0.25) is 0 Å². The Morgan fingerprint density at radius 2 is 1.84 bits per heavy atom. The maximum absolute atomic E-state index is 12.7. The number of carboxylic acid groups (broad SMARTS) is 2. The second kappa shape index (κ2) is 10.2. The normalized spacial score (nSPS) is 42.8. The highest BCUT2D eigenvalue weighted by Crippen LogP contribution is 2.83. The van der Waals surface area contributed by atoms with Gasteiger partial charge in [0.15, 0.2) is 11.7 Å². The highest BCUT2D eigenvalue weighted by Gasteiger charge is 3.01. The quantitative estimate of drug-likeness (QED) is 0.155. The number of carbonyl (C=O) groups is 4. The van der Waals surface area contributed by atoms with Gasteiger partial charge in [-0.15, -0.1) is 0 Å². The highest BCUT2D eigenvalue weighted by atomic mass is 16.8. The van der Waals surface area contributed by atoms with Crippen molar-refractivity contribution in [2.45, 2.75) is 119 Å². The van der Waals surface area contributed by atoms with Crippen LogP contribution in [0.15, 0.2) is 11.1 Å². The molecule has 2 unspecified atom stereocenters. The van der Waals surface area contributed by atoms with Crippen LogP contribution in [0.2, 0.25) is 0 Å². The molecule has 10 atom stereocenters. The summed E-state index contributed by atoms with van der Waals surface area (Å²) in [7, 11) is 0. The van der Waals surface area contributed by atoms with Crippen molar-refractivity contribution >= 4 is 23.9 Å². The van der Waals surface area contributed by atoms with E-state index >= 15 is 0 Å². The first-order chi connectivity index (χ1) is 20.3. The number of aliphatic carboxylic acids is 2. The van der Waals surface area contributed by atoms with E-state index in [9.17, 15) is 19.2 Å². The van der Waals surface area contributed by atoms with Gasteiger partial charge in [0.25, 0.3) is 0 Å². The van der Waals surface area contributed by atoms with Crippen LogP contribution in [0.4, 0.5) is 0 Å². The zero-order valence-electron chi connectivity index (χ0n) is 24.8. The summed E-state index contributed by atoms with van der Waals surface area (Å²) >= 11 is 0. The van der Waals surface area contributed by atoms with E-state index in [1.54, 1.807) is 0 Å². The van der Waals surface area contributed by atoms with E-state index in [0.717, 1.165) is 30.4 Å². The fraction of sp³-hybridized carbons (Fsp3) is 0.800. The first-order valence-corrected chi connectivity index (χ1v) is 15.3. The van der Waals surface area contributed by atoms with Gasteiger partial charge in [-0.05, 0) is 56.1 Å². The summed E-state index contributed by atoms with van der Waals surface area (Å²) in [4.78, 5) is 46.1. The van der Waals surface area contributed by atoms with Crippen LogP contribution in [0.3, 0.4) is 0 Å². The number of carboxylic acids is 2. The zero-order valence-corrected chi connectivity index (χ0v) is 24.8. The van der Waals surface area contributed by atoms with Crippen molar-refractivity contribution in [1.82, 2.24) is 0 Å². The summed E-state index contributed by atoms with van der Waals surface area (Å²) < 4.78 is 30.9. The number of unbranched alkanes of at least 4 members (excludes halogenated alkanes) is 1. The van der Waals surface area contributed by atoms with Crippen LogP contribution >= 0.6 is 0 Å². The molecule has 0 amide bonds. The molecular formula is C30H42N2O11. The third-order valence-corrected chi connectivity index (χ3v) is 11.1. The molecule has 6 N–H and O–H groups in total. The van der Waals surface area contributed by atoms with Crippen molar-refractivity contribution in [1.29, 1.82) is 0 Å². The van der Waals surface area contributed by atoms with E-state index in [2.05, 4.69) is 6.92 Å². The predicted octanol–water partition coefficient (Wildman–Crippen LogP) is 1.05. The molecule has 2 saturated carbocycles. The lowest BCUT2D eigenvalue weighted by Crippen LogP contribution is -2.70. The third kappa shape index (κ3) is 4.14. The van der Waals surface area contributed by atoms with Gasteiger partial charge in [0.05, 0.1) is 18.9 Å². The molecule has 5 fully saturated rings. The molecule has 43 heavy (non-hydrogen) atoms. The topological polar surface area (TPSA) is 217 Å². The van der Waals surface area contributed by atoms with Crippen LogP contribution in [-0.2, 0) is 42.9 Å². The Bertz CT molecular complexity index is 1270. The molecule has 7 aliphatic rings. The Labute approximate surface area is 249 Å². The van der Waals surface area contributed by atoms with Gasteiger partial charge in [-0.1, -0.05) is 27.2 Å². The van der Waals surface area contributed by atoms with E-state index in [0.29, 0.717) is 32.4 Å². The summed E-state index contributed by atoms with van der Waals surface area (Å²) in [6.07, 6.45) is 2.63. The lowest BCUT2D eigenvalue weighted by molar-refractivity contribution is -0.170. The Hall–Kier alpha value is -2.58. The highest BCUT2D eigenvalue weighted by molar-refractivity contribution is 5.92. The standard InChI is InChI=1S/C24H28O9.C6H14N2O2/c1-10(2)22-17(32-22)18-24(33-18)21(3)7-6-11-12(9-29-19(11)28)13(21)8-14-23(24,31-14)20(22)30-16(27)5-4-15(25)26;7-4-2-1-3-5(8)6(9)10/h10,13-14,17-18,20H,4-9H2,1-3H3,(H,25,26);5H,1-4,7-8H2,(H,9,10)/t13-,14-,17-,18-,20?,21-,22-,23+,24+;/m0./s1. The third-order valence-electron chi connectivity index (χ3n) is 11.1. The molecule has 13 nitrogen and oxygen atoms in total. The molecule has 0 radical (unpaired) electrons. The average molecular weight is 607 g/mol. The fourth-order valence-electron chi connectivity index (χ4n) is 8.87. The van der Waals surface area contributed by atoms with Gasteiger partial charge < -0.3 is 45.4 Å². The maximum atomic E-state index is 12.7. The Balaban J connectivity index is 0.000000286. The summed E-state index contributed by atoms with van der Waals surface area (Å²) in [6.45, 7) is 7.25. The minimum atomic E-state index is -1.04. The van der Waals surface area contributed by atoms with Crippen LogP contribution in [0.1, 0.15) is 72.1 Å². The van der Waals surface area contributed by atoms with Gasteiger partial charge in [-0.3, -0.25) is 14.4 Å². The van der Waals surface area contributed by atoms with Crippen LogP contribution in [0, 0.1) is 17.3 Å². The minimum absolute atomic E-state index is 0.0632. The molecule has 0 aromatic heterocycles. The van der Waals surface area contributed by atoms with E-state index in [1.165, 1.54) is 0 Å². The Morgan fingerprint density at radius 3 is 2.49 bits per heavy atom. The second-order valence-electron chi connectivity index (χ2n) is 13.5. The van der Waals surface area contributed by atoms with Gasteiger partial charge in [-0.25, -0.2) is 4.79 Å². The average Bonchev–Trinajstić information content (AvgIpc) is 3.86. The van der Waals surface area contributed by atoms with E-state index in [-0.39, 0.29) is 54.4 Å². The van der Waals surface area contributed by atoms with Gasteiger partial charge in [0, 0.05) is 11.0 Å². The minimum Gasteiger partial charge on any atom is -0.481 e. The number of hydrogen-bond acceptors (Lipinski definition) is 11. The molecule has 7 rings (SSSR count). The Kier molecular flexibility index (Phi) is 7.24. The van der Waals surface area contributed by atoms with Crippen molar-refractivity contribution in [2.24, 2.45) is 28.7 Å². The SMILES string of the molecule is CC(C)[C@]12O[C@H]1[C@@H]1O[C@@]13[C@@]1(C)CCC4=C(COC4=O)[C@@H]1C[C@@H]1O[C@@]13C2OC(=O)CCC(=O)O.NCCCCC(N)C(=O)O. The fourth-order valence-corrected chi connectivity index (χ4v) is 8.87. The lowest BCUT2D eigenvalue weighted by Gasteiger charge is -2.53. The van der Waals surface area contributed by atoms with Gasteiger partial charge in [0.1, 0.15) is 36.1 Å². The van der Waals surface area contributed by atoms with Crippen molar-refractivity contribution in [3.63, 3.8) is 0 Å². The number of hydrogen-bond donors (Lipinski definition) is 4. The van der Waals surface area contributed by atoms with E-state index < -0.39 is 46.9 Å². The largest absolute Gasteiger partial charge is 0.481 e. The van der Waals surface area contributed by atoms with Crippen molar-refractivity contribution in [2.75, 3.05) is 13.2 Å². The molecule has 4 aliphatic heterocycles.